The van der Waals surface area contributed by atoms with E-state index in [-0.39, 0.29) is 18.6 Å². The van der Waals surface area contributed by atoms with Gasteiger partial charge in [-0.25, -0.2) is 0 Å². The Kier molecular flexibility index (Phi) is 5.25. The van der Waals surface area contributed by atoms with Gasteiger partial charge in [0.05, 0.1) is 18.3 Å². The van der Waals surface area contributed by atoms with Crippen LogP contribution in [0.15, 0.2) is 30.5 Å². The Bertz CT molecular complexity index is 927. The van der Waals surface area contributed by atoms with Gasteiger partial charge in [-0.05, 0) is 49.3 Å². The molecule has 1 aliphatic rings. The van der Waals surface area contributed by atoms with Gasteiger partial charge in [0.15, 0.2) is 0 Å². The van der Waals surface area contributed by atoms with E-state index in [0.29, 0.717) is 19.3 Å². The molecule has 0 saturated heterocycles. The van der Waals surface area contributed by atoms with E-state index in [0.717, 1.165) is 35.0 Å². The van der Waals surface area contributed by atoms with E-state index >= 15 is 0 Å². The van der Waals surface area contributed by atoms with Crippen LogP contribution in [-0.4, -0.2) is 38.8 Å². The molecule has 27 heavy (non-hydrogen) atoms. The van der Waals surface area contributed by atoms with Gasteiger partial charge in [-0.3, -0.25) is 9.89 Å². The maximum atomic E-state index is 12.4. The SMILES string of the molecule is O=C(CCc1n[nH]c2c1CCCC2)N[C@H](CO)Cc1c[nH]c2ccccc12. The molecular formula is C21H26N4O2. The highest BCUT2D eigenvalue weighted by atomic mass is 16.3. The first kappa shape index (κ1) is 17.8. The largest absolute Gasteiger partial charge is 0.394 e. The molecule has 0 bridgehead atoms. The molecule has 3 aromatic rings. The maximum Gasteiger partial charge on any atom is 0.220 e. The number of aliphatic hydroxyl groups is 1. The van der Waals surface area contributed by atoms with Gasteiger partial charge in [0.2, 0.25) is 5.91 Å². The van der Waals surface area contributed by atoms with Gasteiger partial charge in [0.1, 0.15) is 0 Å². The molecule has 4 rings (SSSR count). The zero-order valence-electron chi connectivity index (χ0n) is 15.4. The molecule has 2 heterocycles. The van der Waals surface area contributed by atoms with E-state index in [1.54, 1.807) is 0 Å². The minimum atomic E-state index is -0.287. The summed E-state index contributed by atoms with van der Waals surface area (Å²) < 4.78 is 0. The second-order valence-corrected chi connectivity index (χ2v) is 7.35. The quantitative estimate of drug-likeness (QED) is 0.517. The van der Waals surface area contributed by atoms with E-state index in [1.165, 1.54) is 24.1 Å². The molecule has 6 nitrogen and oxygen atoms in total. The van der Waals surface area contributed by atoms with Crippen LogP contribution in [-0.2, 0) is 30.5 Å². The van der Waals surface area contributed by atoms with E-state index in [2.05, 4.69) is 26.6 Å². The maximum absolute atomic E-state index is 12.4. The summed E-state index contributed by atoms with van der Waals surface area (Å²) in [5, 5.41) is 21.3. The summed E-state index contributed by atoms with van der Waals surface area (Å²) in [5.41, 5.74) is 5.75. The number of hydrogen-bond donors (Lipinski definition) is 4. The molecule has 0 saturated carbocycles. The van der Waals surface area contributed by atoms with Gasteiger partial charge >= 0.3 is 0 Å². The number of aromatic nitrogens is 3. The average Bonchev–Trinajstić information content (AvgIpc) is 3.30. The fourth-order valence-corrected chi connectivity index (χ4v) is 4.02. The predicted octanol–water partition coefficient (Wildman–Crippen LogP) is 2.42. The van der Waals surface area contributed by atoms with Crippen molar-refractivity contribution in [3.05, 3.63) is 53.0 Å². The highest BCUT2D eigenvalue weighted by Crippen LogP contribution is 2.23. The van der Waals surface area contributed by atoms with Gasteiger partial charge in [0, 0.05) is 35.6 Å². The molecule has 0 fully saturated rings. The molecule has 6 heteroatoms. The van der Waals surface area contributed by atoms with Crippen molar-refractivity contribution in [3.63, 3.8) is 0 Å². The van der Waals surface area contributed by atoms with Crippen LogP contribution < -0.4 is 5.32 Å². The van der Waals surface area contributed by atoms with Crippen LogP contribution in [0.5, 0.6) is 0 Å². The fraction of sp³-hybridized carbons (Fsp3) is 0.429. The molecule has 0 spiro atoms. The first-order valence-electron chi connectivity index (χ1n) is 9.75. The fourth-order valence-electron chi connectivity index (χ4n) is 4.02. The zero-order chi connectivity index (χ0) is 18.6. The second-order valence-electron chi connectivity index (χ2n) is 7.35. The van der Waals surface area contributed by atoms with Crippen LogP contribution in [0.4, 0.5) is 0 Å². The summed E-state index contributed by atoms with van der Waals surface area (Å²) in [5.74, 6) is -0.0403. The molecule has 0 unspecified atom stereocenters. The predicted molar refractivity (Wildman–Crippen MR) is 105 cm³/mol. The zero-order valence-corrected chi connectivity index (χ0v) is 15.4. The van der Waals surface area contributed by atoms with Crippen molar-refractivity contribution in [2.45, 2.75) is 51.0 Å². The minimum Gasteiger partial charge on any atom is -0.394 e. The van der Waals surface area contributed by atoms with E-state index in [9.17, 15) is 9.90 Å². The number of carbonyl (C=O) groups is 1. The number of amides is 1. The van der Waals surface area contributed by atoms with Crippen molar-refractivity contribution in [2.24, 2.45) is 0 Å². The Morgan fingerprint density at radius 2 is 2.11 bits per heavy atom. The van der Waals surface area contributed by atoms with Gasteiger partial charge in [-0.15, -0.1) is 0 Å². The molecule has 0 aliphatic heterocycles. The number of hydrogen-bond acceptors (Lipinski definition) is 3. The molecule has 1 amide bonds. The summed E-state index contributed by atoms with van der Waals surface area (Å²) in [4.78, 5) is 15.6. The smallest absolute Gasteiger partial charge is 0.220 e. The normalized spacial score (nSPS) is 14.9. The Morgan fingerprint density at radius 1 is 1.26 bits per heavy atom. The Balaban J connectivity index is 1.34. The molecule has 2 aromatic heterocycles. The van der Waals surface area contributed by atoms with Crippen LogP contribution in [0.25, 0.3) is 10.9 Å². The molecule has 1 aromatic carbocycles. The number of rotatable bonds is 7. The molecular weight excluding hydrogens is 340 g/mol. The summed E-state index contributed by atoms with van der Waals surface area (Å²) in [7, 11) is 0. The molecule has 142 valence electrons. The third-order valence-electron chi connectivity index (χ3n) is 5.46. The highest BCUT2D eigenvalue weighted by molar-refractivity contribution is 5.83. The van der Waals surface area contributed by atoms with E-state index in [4.69, 9.17) is 0 Å². The molecule has 1 aliphatic carbocycles. The molecule has 0 radical (unpaired) electrons. The summed E-state index contributed by atoms with van der Waals surface area (Å²) in [6.45, 7) is -0.0803. The summed E-state index contributed by atoms with van der Waals surface area (Å²) in [6, 6.07) is 7.77. The van der Waals surface area contributed by atoms with Crippen molar-refractivity contribution in [3.8, 4) is 0 Å². The average molecular weight is 366 g/mol. The summed E-state index contributed by atoms with van der Waals surface area (Å²) in [6.07, 6.45) is 8.11. The lowest BCUT2D eigenvalue weighted by molar-refractivity contribution is -0.122. The number of aliphatic hydroxyl groups excluding tert-OH is 1. The topological polar surface area (TPSA) is 93.8 Å². The van der Waals surface area contributed by atoms with Crippen LogP contribution in [0, 0.1) is 0 Å². The lowest BCUT2D eigenvalue weighted by Crippen LogP contribution is -2.39. The molecule has 4 N–H and O–H groups in total. The number of nitrogens with zero attached hydrogens (tertiary/aromatic N) is 1. The van der Waals surface area contributed by atoms with Gasteiger partial charge in [-0.2, -0.15) is 5.10 Å². The number of carbonyl (C=O) groups excluding carboxylic acids is 1. The van der Waals surface area contributed by atoms with Crippen molar-refractivity contribution in [1.82, 2.24) is 20.5 Å². The number of fused-ring (bicyclic) bond motifs is 2. The first-order valence-corrected chi connectivity index (χ1v) is 9.75. The number of benzene rings is 1. The standard InChI is InChI=1S/C21H26N4O2/c26-13-15(11-14-12-22-18-7-3-1-5-16(14)18)23-21(27)10-9-20-17-6-2-4-8-19(17)24-25-20/h1,3,5,7,12,15,22,26H,2,4,6,8-11,13H2,(H,23,27)(H,24,25)/t15-/m0/s1. The Morgan fingerprint density at radius 3 is 3.00 bits per heavy atom. The second kappa shape index (κ2) is 7.96. The lowest BCUT2D eigenvalue weighted by Gasteiger charge is -2.16. The number of H-pyrrole nitrogens is 2. The molecule has 1 atom stereocenters. The monoisotopic (exact) mass is 366 g/mol. The van der Waals surface area contributed by atoms with Crippen molar-refractivity contribution >= 4 is 16.8 Å². The first-order chi connectivity index (χ1) is 13.2. The number of nitrogens with one attached hydrogen (secondary N) is 3. The van der Waals surface area contributed by atoms with Gasteiger partial charge < -0.3 is 15.4 Å². The number of aromatic amines is 2. The third kappa shape index (κ3) is 3.90. The van der Waals surface area contributed by atoms with Gasteiger partial charge in [-0.1, -0.05) is 18.2 Å². The van der Waals surface area contributed by atoms with E-state index in [1.807, 2.05) is 24.4 Å². The van der Waals surface area contributed by atoms with Crippen LogP contribution in [0.2, 0.25) is 0 Å². The number of para-hydroxylation sites is 1. The lowest BCUT2D eigenvalue weighted by atomic mass is 9.94. The van der Waals surface area contributed by atoms with Crippen LogP contribution >= 0.6 is 0 Å². The summed E-state index contributed by atoms with van der Waals surface area (Å²) >= 11 is 0. The third-order valence-corrected chi connectivity index (χ3v) is 5.46. The number of aryl methyl sites for hydroxylation is 2. The van der Waals surface area contributed by atoms with Crippen LogP contribution in [0.3, 0.4) is 0 Å². The highest BCUT2D eigenvalue weighted by Gasteiger charge is 2.19. The van der Waals surface area contributed by atoms with E-state index < -0.39 is 0 Å². The van der Waals surface area contributed by atoms with Crippen LogP contribution in [0.1, 0.15) is 41.8 Å². The van der Waals surface area contributed by atoms with Crippen molar-refractivity contribution in [2.75, 3.05) is 6.61 Å². The Labute approximate surface area is 158 Å². The minimum absolute atomic E-state index is 0.0403. The van der Waals surface area contributed by atoms with Gasteiger partial charge in [0.25, 0.3) is 0 Å². The van der Waals surface area contributed by atoms with Crippen molar-refractivity contribution < 1.29 is 9.90 Å². The van der Waals surface area contributed by atoms with Crippen molar-refractivity contribution in [1.29, 1.82) is 0 Å². The Hall–Kier alpha value is -2.60.